The van der Waals surface area contributed by atoms with Crippen LogP contribution >= 0.6 is 0 Å². The van der Waals surface area contributed by atoms with Crippen molar-refractivity contribution in [2.24, 2.45) is 0 Å². The molecule has 3 aromatic rings. The SMILES string of the molecule is O=C1Nc2c(cnc3c2CCCC3)C1(c1ccc(O)cc1)c1ccc(O)cc1. The summed E-state index contributed by atoms with van der Waals surface area (Å²) in [5, 5.41) is 22.7. The highest BCUT2D eigenvalue weighted by Crippen LogP contribution is 2.50. The maximum atomic E-state index is 13.5. The molecule has 28 heavy (non-hydrogen) atoms. The number of pyridine rings is 1. The van der Waals surface area contributed by atoms with Gasteiger partial charge in [0.1, 0.15) is 16.9 Å². The molecule has 5 nitrogen and oxygen atoms in total. The smallest absolute Gasteiger partial charge is 0.244 e. The van der Waals surface area contributed by atoms with Crippen LogP contribution in [0.4, 0.5) is 5.69 Å². The van der Waals surface area contributed by atoms with Gasteiger partial charge in [0.15, 0.2) is 0 Å². The van der Waals surface area contributed by atoms with Crippen molar-refractivity contribution in [1.82, 2.24) is 4.98 Å². The zero-order valence-electron chi connectivity index (χ0n) is 15.3. The average molecular weight is 372 g/mol. The third kappa shape index (κ3) is 2.26. The Bertz CT molecular complexity index is 1030. The van der Waals surface area contributed by atoms with Crippen LogP contribution in [0.3, 0.4) is 0 Å². The Kier molecular flexibility index (Phi) is 3.66. The number of hydrogen-bond acceptors (Lipinski definition) is 4. The normalized spacial score (nSPS) is 16.9. The number of amides is 1. The van der Waals surface area contributed by atoms with E-state index in [1.165, 1.54) is 0 Å². The largest absolute Gasteiger partial charge is 0.508 e. The quantitative estimate of drug-likeness (QED) is 0.641. The van der Waals surface area contributed by atoms with Crippen molar-refractivity contribution in [3.63, 3.8) is 0 Å². The summed E-state index contributed by atoms with van der Waals surface area (Å²) in [6.07, 6.45) is 5.87. The second-order valence-electron chi connectivity index (χ2n) is 7.48. The van der Waals surface area contributed by atoms with E-state index in [1.54, 1.807) is 48.5 Å². The molecule has 2 aromatic carbocycles. The summed E-state index contributed by atoms with van der Waals surface area (Å²) in [7, 11) is 0. The number of aromatic hydroxyl groups is 2. The van der Waals surface area contributed by atoms with E-state index in [4.69, 9.17) is 4.98 Å². The topological polar surface area (TPSA) is 82.5 Å². The van der Waals surface area contributed by atoms with Gasteiger partial charge in [-0.15, -0.1) is 0 Å². The molecular formula is C23H20N2O3. The van der Waals surface area contributed by atoms with Crippen LogP contribution in [0.1, 0.15) is 40.8 Å². The molecule has 3 N–H and O–H groups in total. The van der Waals surface area contributed by atoms with Gasteiger partial charge in [-0.2, -0.15) is 0 Å². The van der Waals surface area contributed by atoms with Gasteiger partial charge in [0.05, 0.1) is 5.69 Å². The summed E-state index contributed by atoms with van der Waals surface area (Å²) in [6, 6.07) is 13.5. The molecular weight excluding hydrogens is 352 g/mol. The fraction of sp³-hybridized carbons (Fsp3) is 0.217. The lowest BCUT2D eigenvalue weighted by Crippen LogP contribution is -2.37. The number of anilines is 1. The maximum Gasteiger partial charge on any atom is 0.244 e. The van der Waals surface area contributed by atoms with E-state index in [9.17, 15) is 15.0 Å². The predicted octanol–water partition coefficient (Wildman–Crippen LogP) is 3.66. The summed E-state index contributed by atoms with van der Waals surface area (Å²) in [5.41, 5.74) is 4.34. The van der Waals surface area contributed by atoms with Crippen molar-refractivity contribution < 1.29 is 15.0 Å². The number of phenols is 2. The van der Waals surface area contributed by atoms with Crippen LogP contribution in [0.15, 0.2) is 54.7 Å². The molecule has 0 saturated carbocycles. The van der Waals surface area contributed by atoms with E-state index in [0.717, 1.165) is 59.3 Å². The zero-order chi connectivity index (χ0) is 19.3. The van der Waals surface area contributed by atoms with E-state index in [0.29, 0.717) is 0 Å². The second-order valence-corrected chi connectivity index (χ2v) is 7.48. The molecule has 0 unspecified atom stereocenters. The molecule has 0 spiro atoms. The van der Waals surface area contributed by atoms with E-state index in [1.807, 2.05) is 6.20 Å². The molecule has 1 aromatic heterocycles. The first-order valence-corrected chi connectivity index (χ1v) is 9.52. The number of aryl methyl sites for hydroxylation is 1. The number of hydrogen-bond donors (Lipinski definition) is 3. The number of rotatable bonds is 2. The van der Waals surface area contributed by atoms with Crippen LogP contribution in [0.25, 0.3) is 0 Å². The molecule has 0 radical (unpaired) electrons. The molecule has 1 amide bonds. The molecule has 5 rings (SSSR count). The van der Waals surface area contributed by atoms with Gasteiger partial charge in [0, 0.05) is 17.5 Å². The van der Waals surface area contributed by atoms with E-state index in [-0.39, 0.29) is 17.4 Å². The average Bonchev–Trinajstić information content (AvgIpc) is 3.02. The Morgan fingerprint density at radius 3 is 2.04 bits per heavy atom. The molecule has 1 aliphatic heterocycles. The van der Waals surface area contributed by atoms with Crippen molar-refractivity contribution in [2.45, 2.75) is 31.1 Å². The highest BCUT2D eigenvalue weighted by atomic mass is 16.3. The first-order valence-electron chi connectivity index (χ1n) is 9.52. The van der Waals surface area contributed by atoms with Crippen molar-refractivity contribution in [2.75, 3.05) is 5.32 Å². The number of fused-ring (bicyclic) bond motifs is 3. The third-order valence-corrected chi connectivity index (χ3v) is 5.94. The monoisotopic (exact) mass is 372 g/mol. The van der Waals surface area contributed by atoms with E-state index >= 15 is 0 Å². The number of phenolic OH excluding ortho intramolecular Hbond substituents is 2. The van der Waals surface area contributed by atoms with Gasteiger partial charge in [-0.1, -0.05) is 24.3 Å². The number of aromatic nitrogens is 1. The first kappa shape index (κ1) is 16.8. The molecule has 0 fully saturated rings. The molecule has 140 valence electrons. The highest BCUT2D eigenvalue weighted by Gasteiger charge is 2.51. The molecule has 0 saturated heterocycles. The Morgan fingerprint density at radius 2 is 1.43 bits per heavy atom. The van der Waals surface area contributed by atoms with Crippen molar-refractivity contribution in [3.05, 3.63) is 82.7 Å². The number of nitrogens with zero attached hydrogens (tertiary/aromatic N) is 1. The minimum atomic E-state index is -1.07. The number of benzene rings is 2. The van der Waals surface area contributed by atoms with Gasteiger partial charge in [0.25, 0.3) is 0 Å². The lowest BCUT2D eigenvalue weighted by Gasteiger charge is -2.29. The zero-order valence-corrected chi connectivity index (χ0v) is 15.3. The summed E-state index contributed by atoms with van der Waals surface area (Å²) in [4.78, 5) is 18.3. The van der Waals surface area contributed by atoms with Crippen molar-refractivity contribution in [3.8, 4) is 11.5 Å². The van der Waals surface area contributed by atoms with Gasteiger partial charge >= 0.3 is 0 Å². The summed E-state index contributed by atoms with van der Waals surface area (Å²) < 4.78 is 0. The Hall–Kier alpha value is -3.34. The fourth-order valence-electron chi connectivity index (χ4n) is 4.59. The molecule has 1 aliphatic carbocycles. The first-order chi connectivity index (χ1) is 13.6. The second kappa shape index (κ2) is 6.09. The predicted molar refractivity (Wildman–Crippen MR) is 106 cm³/mol. The van der Waals surface area contributed by atoms with Crippen LogP contribution in [-0.4, -0.2) is 21.1 Å². The van der Waals surface area contributed by atoms with E-state index < -0.39 is 5.41 Å². The van der Waals surface area contributed by atoms with Crippen molar-refractivity contribution >= 4 is 11.6 Å². The molecule has 2 aliphatic rings. The molecule has 5 heteroatoms. The van der Waals surface area contributed by atoms with Crippen LogP contribution in [0.5, 0.6) is 11.5 Å². The van der Waals surface area contributed by atoms with Gasteiger partial charge in [-0.3, -0.25) is 9.78 Å². The minimum Gasteiger partial charge on any atom is -0.508 e. The highest BCUT2D eigenvalue weighted by molar-refractivity contribution is 6.12. The summed E-state index contributed by atoms with van der Waals surface area (Å²) >= 11 is 0. The number of carbonyl (C=O) groups excluding carboxylic acids is 1. The Labute approximate surface area is 162 Å². The van der Waals surface area contributed by atoms with E-state index in [2.05, 4.69) is 5.32 Å². The fourth-order valence-corrected chi connectivity index (χ4v) is 4.59. The molecule has 0 atom stereocenters. The third-order valence-electron chi connectivity index (χ3n) is 5.94. The Balaban J connectivity index is 1.82. The van der Waals surface area contributed by atoms with Crippen LogP contribution in [-0.2, 0) is 23.1 Å². The molecule has 0 bridgehead atoms. The summed E-state index contributed by atoms with van der Waals surface area (Å²) in [6.45, 7) is 0. The van der Waals surface area contributed by atoms with Gasteiger partial charge < -0.3 is 15.5 Å². The van der Waals surface area contributed by atoms with Gasteiger partial charge in [0.2, 0.25) is 5.91 Å². The van der Waals surface area contributed by atoms with Gasteiger partial charge in [-0.25, -0.2) is 0 Å². The number of carbonyl (C=O) groups is 1. The Morgan fingerprint density at radius 1 is 0.857 bits per heavy atom. The standard InChI is InChI=1S/C23H20N2O3/c26-16-9-5-14(6-10-16)23(15-7-11-17(27)12-8-15)19-13-24-20-4-2-1-3-18(20)21(19)25-22(23)28/h5-13,26-27H,1-4H2,(H,25,28). The van der Waals surface area contributed by atoms with Crippen LogP contribution in [0, 0.1) is 0 Å². The van der Waals surface area contributed by atoms with Crippen molar-refractivity contribution in [1.29, 1.82) is 0 Å². The lowest BCUT2D eigenvalue weighted by atomic mass is 9.70. The maximum absolute atomic E-state index is 13.5. The van der Waals surface area contributed by atoms with Crippen LogP contribution < -0.4 is 5.32 Å². The lowest BCUT2D eigenvalue weighted by molar-refractivity contribution is -0.118. The molecule has 2 heterocycles. The number of nitrogens with one attached hydrogen (secondary N) is 1. The summed E-state index contributed by atoms with van der Waals surface area (Å²) in [5.74, 6) is 0.151. The van der Waals surface area contributed by atoms with Crippen LogP contribution in [0.2, 0.25) is 0 Å². The minimum absolute atomic E-state index is 0.139. The van der Waals surface area contributed by atoms with Gasteiger partial charge in [-0.05, 0) is 66.6 Å².